The molecule has 0 heterocycles. The zero-order valence-corrected chi connectivity index (χ0v) is 33.7. The molecule has 0 aromatic rings. The third-order valence-electron chi connectivity index (χ3n) is 8.64. The summed E-state index contributed by atoms with van der Waals surface area (Å²) < 4.78 is 17.1. The average Bonchev–Trinajstić information content (AvgIpc) is 3.09. The Kier molecular flexibility index (Phi) is 33.1. The summed E-state index contributed by atoms with van der Waals surface area (Å²) in [6.45, 7) is 4.45. The fourth-order valence-corrected chi connectivity index (χ4v) is 5.47. The van der Waals surface area contributed by atoms with Crippen molar-refractivity contribution in [1.29, 1.82) is 0 Å². The summed E-state index contributed by atoms with van der Waals surface area (Å²) in [7, 11) is 5.38. The highest BCUT2D eigenvalue weighted by molar-refractivity contribution is 5.70. The van der Waals surface area contributed by atoms with Crippen molar-refractivity contribution >= 4 is 17.9 Å². The molecule has 0 saturated heterocycles. The van der Waals surface area contributed by atoms with E-state index in [-0.39, 0.29) is 49.1 Å². The first-order valence-electron chi connectivity index (χ1n) is 20.3. The Hall–Kier alpha value is -2.97. The van der Waals surface area contributed by atoms with Crippen LogP contribution in [0.2, 0.25) is 0 Å². The van der Waals surface area contributed by atoms with Gasteiger partial charge >= 0.3 is 11.9 Å². The number of carboxylic acid groups (broad SMARTS) is 1. The number of unbranched alkanes of at least 4 members (excludes halogenated alkanes) is 11. The maximum atomic E-state index is 12.6. The van der Waals surface area contributed by atoms with E-state index in [4.69, 9.17) is 14.2 Å². The molecule has 8 nitrogen and oxygen atoms in total. The Morgan fingerprint density at radius 1 is 0.596 bits per heavy atom. The molecule has 298 valence electrons. The smallest absolute Gasteiger partial charge is 0.306 e. The summed E-state index contributed by atoms with van der Waals surface area (Å²) in [5.74, 6) is -1.80. The number of carbonyl (C=O) groups is 3. The molecule has 0 aliphatic heterocycles. The normalized spacial score (nSPS) is 13.6. The number of hydrogen-bond donors (Lipinski definition) is 0. The van der Waals surface area contributed by atoms with Gasteiger partial charge in [-0.3, -0.25) is 9.59 Å². The van der Waals surface area contributed by atoms with Gasteiger partial charge in [-0.05, 0) is 77.0 Å². The molecule has 0 aromatic carbocycles. The number of aliphatic carboxylic acids is 1. The molecule has 0 saturated carbocycles. The number of ether oxygens (including phenoxy) is 3. The van der Waals surface area contributed by atoms with E-state index in [0.29, 0.717) is 12.8 Å². The molecule has 52 heavy (non-hydrogen) atoms. The van der Waals surface area contributed by atoms with E-state index in [2.05, 4.69) is 74.6 Å². The van der Waals surface area contributed by atoms with Gasteiger partial charge in [-0.1, -0.05) is 113 Å². The third-order valence-corrected chi connectivity index (χ3v) is 8.64. The summed E-state index contributed by atoms with van der Waals surface area (Å²) in [5.41, 5.74) is 0. The molecule has 2 atom stereocenters. The van der Waals surface area contributed by atoms with Gasteiger partial charge in [0.25, 0.3) is 0 Å². The minimum Gasteiger partial charge on any atom is -0.544 e. The van der Waals surface area contributed by atoms with Crippen LogP contribution in [0.25, 0.3) is 0 Å². The highest BCUT2D eigenvalue weighted by Crippen LogP contribution is 2.12. The van der Waals surface area contributed by atoms with Crippen LogP contribution in [-0.2, 0) is 28.6 Å². The molecule has 0 spiro atoms. The van der Waals surface area contributed by atoms with Gasteiger partial charge in [0, 0.05) is 19.3 Å². The standard InChI is InChI=1S/C44H75NO7/c1-6-8-10-12-14-16-18-20-21-23-24-26-28-30-32-34-42(46)51-39-40(38-50-37-36-41(44(48)49)45(3,4)5)52-43(47)35-33-31-29-27-25-22-19-17-15-13-11-9-7-2/h9,11,14-17,20-22,25,40-41H,6-8,10,12-13,18-19,23-24,26-39H2,1-5H3/b11-9-,16-14-,17-15-,21-20-,25-22-. The SMILES string of the molecule is CC/C=C\C/C=C\C/C=C\CCCCCC(=O)OC(COCCC(C(=O)[O-])[N+](C)(C)C)COC(=O)CCCCCCC/C=C\C/C=C\CCCCC. The van der Waals surface area contributed by atoms with Crippen molar-refractivity contribution in [2.75, 3.05) is 41.0 Å². The lowest BCUT2D eigenvalue weighted by Gasteiger charge is -2.34. The second-order valence-corrected chi connectivity index (χ2v) is 14.5. The Balaban J connectivity index is 4.47. The van der Waals surface area contributed by atoms with Gasteiger partial charge in [-0.2, -0.15) is 0 Å². The second kappa shape index (κ2) is 35.1. The van der Waals surface area contributed by atoms with Crippen molar-refractivity contribution in [2.45, 2.75) is 161 Å². The lowest BCUT2D eigenvalue weighted by molar-refractivity contribution is -0.889. The van der Waals surface area contributed by atoms with Crippen molar-refractivity contribution in [3.05, 3.63) is 60.8 Å². The number of rotatable bonds is 35. The van der Waals surface area contributed by atoms with E-state index >= 15 is 0 Å². The van der Waals surface area contributed by atoms with E-state index in [1.165, 1.54) is 25.7 Å². The molecule has 0 aromatic heterocycles. The number of carboxylic acids is 1. The van der Waals surface area contributed by atoms with Gasteiger partial charge in [0.1, 0.15) is 12.6 Å². The average molecular weight is 730 g/mol. The number of quaternary nitrogens is 1. The number of esters is 2. The van der Waals surface area contributed by atoms with Crippen LogP contribution < -0.4 is 5.11 Å². The highest BCUT2D eigenvalue weighted by Gasteiger charge is 2.25. The van der Waals surface area contributed by atoms with E-state index in [0.717, 1.165) is 83.5 Å². The van der Waals surface area contributed by atoms with Crippen LogP contribution in [0.4, 0.5) is 0 Å². The molecule has 0 N–H and O–H groups in total. The van der Waals surface area contributed by atoms with Gasteiger partial charge in [-0.15, -0.1) is 0 Å². The molecule has 0 bridgehead atoms. The summed E-state index contributed by atoms with van der Waals surface area (Å²) in [4.78, 5) is 36.7. The Bertz CT molecular complexity index is 1040. The largest absolute Gasteiger partial charge is 0.544 e. The first-order valence-corrected chi connectivity index (χ1v) is 20.3. The van der Waals surface area contributed by atoms with Crippen LogP contribution in [0.1, 0.15) is 149 Å². The third kappa shape index (κ3) is 32.9. The molecule has 2 unspecified atom stereocenters. The van der Waals surface area contributed by atoms with Crippen LogP contribution >= 0.6 is 0 Å². The molecule has 0 amide bonds. The monoisotopic (exact) mass is 730 g/mol. The summed E-state index contributed by atoms with van der Waals surface area (Å²) >= 11 is 0. The van der Waals surface area contributed by atoms with Crippen molar-refractivity contribution in [3.63, 3.8) is 0 Å². The second-order valence-electron chi connectivity index (χ2n) is 14.5. The van der Waals surface area contributed by atoms with Gasteiger partial charge in [-0.25, -0.2) is 0 Å². The molecule has 8 heteroatoms. The van der Waals surface area contributed by atoms with Crippen molar-refractivity contribution in [3.8, 4) is 0 Å². The molecular formula is C44H75NO7. The van der Waals surface area contributed by atoms with Crippen molar-refractivity contribution < 1.29 is 38.2 Å². The van der Waals surface area contributed by atoms with Gasteiger partial charge in [0.05, 0.1) is 40.3 Å². The zero-order chi connectivity index (χ0) is 38.5. The predicted octanol–water partition coefficient (Wildman–Crippen LogP) is 9.30. The molecule has 0 aliphatic rings. The Morgan fingerprint density at radius 3 is 1.62 bits per heavy atom. The molecule has 0 rings (SSSR count). The van der Waals surface area contributed by atoms with E-state index in [9.17, 15) is 19.5 Å². The summed E-state index contributed by atoms with van der Waals surface area (Å²) in [6, 6.07) is -0.734. The molecule has 0 fully saturated rings. The minimum atomic E-state index is -1.14. The van der Waals surface area contributed by atoms with E-state index < -0.39 is 18.1 Å². The zero-order valence-electron chi connectivity index (χ0n) is 33.7. The first kappa shape index (κ1) is 49.0. The lowest BCUT2D eigenvalue weighted by atomic mass is 10.1. The van der Waals surface area contributed by atoms with Gasteiger partial charge in [0.2, 0.25) is 0 Å². The quantitative estimate of drug-likeness (QED) is 0.0277. The van der Waals surface area contributed by atoms with Gasteiger partial charge in [0.15, 0.2) is 6.10 Å². The summed E-state index contributed by atoms with van der Waals surface area (Å²) in [6.07, 6.45) is 41.0. The molecule has 0 radical (unpaired) electrons. The maximum Gasteiger partial charge on any atom is 0.306 e. The van der Waals surface area contributed by atoms with E-state index in [1.54, 1.807) is 21.1 Å². The number of likely N-dealkylation sites (N-methyl/N-ethyl adjacent to an activating group) is 1. The van der Waals surface area contributed by atoms with E-state index in [1.807, 2.05) is 0 Å². The predicted molar refractivity (Wildman–Crippen MR) is 212 cm³/mol. The van der Waals surface area contributed by atoms with Crippen molar-refractivity contribution in [1.82, 2.24) is 0 Å². The highest BCUT2D eigenvalue weighted by atomic mass is 16.6. The Labute approximate surface area is 318 Å². The number of allylic oxidation sites excluding steroid dienone is 10. The first-order chi connectivity index (χ1) is 25.1. The number of carbonyl (C=O) groups excluding carboxylic acids is 3. The number of nitrogens with zero attached hydrogens (tertiary/aromatic N) is 1. The molecular weight excluding hydrogens is 654 g/mol. The minimum absolute atomic E-state index is 0.0216. The van der Waals surface area contributed by atoms with Crippen LogP contribution in [0.15, 0.2) is 60.8 Å². The topological polar surface area (TPSA) is 102 Å². The Morgan fingerprint density at radius 2 is 1.08 bits per heavy atom. The van der Waals surface area contributed by atoms with Crippen LogP contribution in [0, 0.1) is 0 Å². The maximum absolute atomic E-state index is 12.6. The number of hydrogen-bond acceptors (Lipinski definition) is 7. The molecule has 0 aliphatic carbocycles. The lowest BCUT2D eigenvalue weighted by Crippen LogP contribution is -2.55. The van der Waals surface area contributed by atoms with Gasteiger partial charge < -0.3 is 28.6 Å². The van der Waals surface area contributed by atoms with Crippen LogP contribution in [0.3, 0.4) is 0 Å². The van der Waals surface area contributed by atoms with Crippen molar-refractivity contribution in [2.24, 2.45) is 0 Å². The van der Waals surface area contributed by atoms with Crippen LogP contribution in [-0.4, -0.2) is 75.5 Å². The van der Waals surface area contributed by atoms with Crippen LogP contribution in [0.5, 0.6) is 0 Å². The fraction of sp³-hybridized carbons (Fsp3) is 0.705. The fourth-order valence-electron chi connectivity index (χ4n) is 5.47. The summed E-state index contributed by atoms with van der Waals surface area (Å²) in [5, 5.41) is 11.6.